The average Bonchev–Trinajstić information content (AvgIpc) is 3.31. The van der Waals surface area contributed by atoms with E-state index in [4.69, 9.17) is 4.98 Å². The van der Waals surface area contributed by atoms with Gasteiger partial charge in [0.2, 0.25) is 0 Å². The second kappa shape index (κ2) is 6.07. The molecule has 0 aliphatic heterocycles. The summed E-state index contributed by atoms with van der Waals surface area (Å²) in [6, 6.07) is 20.3. The third kappa shape index (κ3) is 2.52. The highest BCUT2D eigenvalue weighted by Crippen LogP contribution is 2.20. The fourth-order valence-corrected chi connectivity index (χ4v) is 3.12. The summed E-state index contributed by atoms with van der Waals surface area (Å²) in [5, 5.41) is 9.97. The molecule has 0 saturated heterocycles. The van der Waals surface area contributed by atoms with Gasteiger partial charge in [-0.2, -0.15) is 5.10 Å². The molecule has 26 heavy (non-hydrogen) atoms. The Kier molecular flexibility index (Phi) is 3.45. The predicted octanol–water partition coefficient (Wildman–Crippen LogP) is 3.38. The van der Waals surface area contributed by atoms with Crippen LogP contribution >= 0.6 is 0 Å². The van der Waals surface area contributed by atoms with Crippen LogP contribution in [0.25, 0.3) is 28.1 Å². The van der Waals surface area contributed by atoms with Crippen molar-refractivity contribution in [2.75, 3.05) is 0 Å². The molecule has 0 N–H and O–H groups in total. The molecule has 126 valence electrons. The summed E-state index contributed by atoms with van der Waals surface area (Å²) in [5.74, 6) is 0.692. The molecular formula is C20H16N6. The van der Waals surface area contributed by atoms with Crippen LogP contribution < -0.4 is 0 Å². The monoisotopic (exact) mass is 340 g/mol. The minimum Gasteiger partial charge on any atom is -0.247 e. The fraction of sp³-hybridized carbons (Fsp3) is 0.100. The molecule has 0 amide bonds. The second-order valence-corrected chi connectivity index (χ2v) is 6.15. The van der Waals surface area contributed by atoms with Gasteiger partial charge in [-0.3, -0.25) is 0 Å². The highest BCUT2D eigenvalue weighted by molar-refractivity contribution is 5.89. The van der Waals surface area contributed by atoms with Crippen molar-refractivity contribution in [3.05, 3.63) is 78.8 Å². The van der Waals surface area contributed by atoms with Crippen LogP contribution in [0.15, 0.2) is 73.2 Å². The zero-order chi connectivity index (χ0) is 17.3. The minimum absolute atomic E-state index is 0.692. The standard InChI is InChI=1S/C20H16N6/c1-3-7-15(8-4-1)11-12-25-19-17(13-22-25)20-23-18(24-26(20)14-21-19)16-9-5-2-6-10-16/h1-10,13-14H,11-12H2. The van der Waals surface area contributed by atoms with Crippen LogP contribution in [0.4, 0.5) is 0 Å². The Hall–Kier alpha value is -3.54. The lowest BCUT2D eigenvalue weighted by Crippen LogP contribution is -2.04. The molecule has 5 rings (SSSR count). The van der Waals surface area contributed by atoms with E-state index in [-0.39, 0.29) is 0 Å². The maximum absolute atomic E-state index is 4.70. The largest absolute Gasteiger partial charge is 0.247 e. The van der Waals surface area contributed by atoms with Gasteiger partial charge in [0, 0.05) is 12.1 Å². The van der Waals surface area contributed by atoms with Crippen LogP contribution in [0.5, 0.6) is 0 Å². The van der Waals surface area contributed by atoms with Crippen molar-refractivity contribution in [1.82, 2.24) is 29.4 Å². The van der Waals surface area contributed by atoms with E-state index in [1.54, 1.807) is 10.8 Å². The van der Waals surface area contributed by atoms with Crippen molar-refractivity contribution in [3.63, 3.8) is 0 Å². The first-order valence-electron chi connectivity index (χ1n) is 8.55. The van der Waals surface area contributed by atoms with Crippen molar-refractivity contribution in [3.8, 4) is 11.4 Å². The van der Waals surface area contributed by atoms with E-state index in [2.05, 4.69) is 39.4 Å². The molecule has 0 unspecified atom stereocenters. The van der Waals surface area contributed by atoms with E-state index in [9.17, 15) is 0 Å². The molecule has 0 spiro atoms. The smallest absolute Gasteiger partial charge is 0.182 e. The first-order valence-corrected chi connectivity index (χ1v) is 8.55. The molecule has 2 aromatic carbocycles. The summed E-state index contributed by atoms with van der Waals surface area (Å²) in [6.07, 6.45) is 4.44. The molecule has 6 heteroatoms. The van der Waals surface area contributed by atoms with E-state index in [0.29, 0.717) is 5.82 Å². The topological polar surface area (TPSA) is 60.9 Å². The first kappa shape index (κ1) is 14.8. The number of nitrogens with zero attached hydrogens (tertiary/aromatic N) is 6. The molecule has 0 radical (unpaired) electrons. The Labute approximate surface area is 149 Å². The Balaban J connectivity index is 1.53. The highest BCUT2D eigenvalue weighted by Gasteiger charge is 2.13. The predicted molar refractivity (Wildman–Crippen MR) is 99.7 cm³/mol. The van der Waals surface area contributed by atoms with E-state index < -0.39 is 0 Å². The summed E-state index contributed by atoms with van der Waals surface area (Å²) in [6.45, 7) is 0.774. The van der Waals surface area contributed by atoms with Gasteiger partial charge in [0.05, 0.1) is 11.6 Å². The van der Waals surface area contributed by atoms with Gasteiger partial charge >= 0.3 is 0 Å². The maximum atomic E-state index is 4.70. The number of benzene rings is 2. The highest BCUT2D eigenvalue weighted by atomic mass is 15.3. The van der Waals surface area contributed by atoms with Gasteiger partial charge in [-0.15, -0.1) is 5.10 Å². The zero-order valence-electron chi connectivity index (χ0n) is 14.0. The first-order chi connectivity index (χ1) is 12.9. The van der Waals surface area contributed by atoms with Gasteiger partial charge in [0.1, 0.15) is 6.33 Å². The third-order valence-corrected chi connectivity index (χ3v) is 4.46. The van der Waals surface area contributed by atoms with Gasteiger partial charge in [-0.1, -0.05) is 60.7 Å². The molecule has 0 aliphatic rings. The molecule has 3 aromatic heterocycles. The molecule has 6 nitrogen and oxygen atoms in total. The number of rotatable bonds is 4. The molecular weight excluding hydrogens is 324 g/mol. The number of hydrogen-bond donors (Lipinski definition) is 0. The van der Waals surface area contributed by atoms with E-state index >= 15 is 0 Å². The van der Waals surface area contributed by atoms with E-state index in [1.165, 1.54) is 5.56 Å². The van der Waals surface area contributed by atoms with Crippen LogP contribution in [-0.4, -0.2) is 29.4 Å². The van der Waals surface area contributed by atoms with Crippen molar-refractivity contribution in [1.29, 1.82) is 0 Å². The fourth-order valence-electron chi connectivity index (χ4n) is 3.12. The lowest BCUT2D eigenvalue weighted by molar-refractivity contribution is 0.629. The molecule has 0 aliphatic carbocycles. The lowest BCUT2D eigenvalue weighted by atomic mass is 10.1. The van der Waals surface area contributed by atoms with Crippen molar-refractivity contribution >= 4 is 16.7 Å². The lowest BCUT2D eigenvalue weighted by Gasteiger charge is -2.03. The molecule has 0 saturated carbocycles. The number of aromatic nitrogens is 6. The quantitative estimate of drug-likeness (QED) is 0.503. The summed E-state index contributed by atoms with van der Waals surface area (Å²) >= 11 is 0. The summed E-state index contributed by atoms with van der Waals surface area (Å²) in [7, 11) is 0. The maximum Gasteiger partial charge on any atom is 0.182 e. The molecule has 5 aromatic rings. The molecule has 0 fully saturated rings. The summed E-state index contributed by atoms with van der Waals surface area (Å²) in [4.78, 5) is 9.25. The number of hydrogen-bond acceptors (Lipinski definition) is 4. The Morgan fingerprint density at radius 1 is 0.846 bits per heavy atom. The van der Waals surface area contributed by atoms with Crippen LogP contribution in [0.2, 0.25) is 0 Å². The second-order valence-electron chi connectivity index (χ2n) is 6.15. The van der Waals surface area contributed by atoms with Gasteiger partial charge in [0.25, 0.3) is 0 Å². The van der Waals surface area contributed by atoms with Crippen molar-refractivity contribution in [2.24, 2.45) is 0 Å². The van der Waals surface area contributed by atoms with Crippen LogP contribution in [0.1, 0.15) is 5.56 Å². The van der Waals surface area contributed by atoms with Crippen LogP contribution in [0, 0.1) is 0 Å². The van der Waals surface area contributed by atoms with Gasteiger partial charge in [-0.25, -0.2) is 19.2 Å². The van der Waals surface area contributed by atoms with Crippen molar-refractivity contribution in [2.45, 2.75) is 13.0 Å². The van der Waals surface area contributed by atoms with Gasteiger partial charge < -0.3 is 0 Å². The van der Waals surface area contributed by atoms with Crippen LogP contribution in [-0.2, 0) is 13.0 Å². The Morgan fingerprint density at radius 2 is 1.62 bits per heavy atom. The molecule has 0 atom stereocenters. The SMILES string of the molecule is c1ccc(CCn2ncc3c2ncn2nc(-c4ccccc4)nc32)cc1. The Morgan fingerprint density at radius 3 is 2.42 bits per heavy atom. The minimum atomic E-state index is 0.692. The average molecular weight is 340 g/mol. The van der Waals surface area contributed by atoms with Crippen molar-refractivity contribution < 1.29 is 0 Å². The Bertz CT molecular complexity index is 1170. The molecule has 3 heterocycles. The number of fused-ring (bicyclic) bond motifs is 3. The zero-order valence-corrected chi connectivity index (χ0v) is 14.0. The normalized spacial score (nSPS) is 11.4. The summed E-state index contributed by atoms with van der Waals surface area (Å²) < 4.78 is 3.65. The third-order valence-electron chi connectivity index (χ3n) is 4.46. The van der Waals surface area contributed by atoms with Crippen LogP contribution in [0.3, 0.4) is 0 Å². The number of aryl methyl sites for hydroxylation is 2. The summed E-state index contributed by atoms with van der Waals surface area (Å²) in [5.41, 5.74) is 3.88. The molecule has 0 bridgehead atoms. The van der Waals surface area contributed by atoms with E-state index in [1.807, 2.05) is 47.3 Å². The van der Waals surface area contributed by atoms with Gasteiger partial charge in [0.15, 0.2) is 17.1 Å². The van der Waals surface area contributed by atoms with E-state index in [0.717, 1.165) is 35.2 Å². The van der Waals surface area contributed by atoms with Gasteiger partial charge in [-0.05, 0) is 12.0 Å².